The minimum atomic E-state index is -1.20. The molecule has 0 spiro atoms. The fourth-order valence-corrected chi connectivity index (χ4v) is 5.20. The Bertz CT molecular complexity index is 1230. The van der Waals surface area contributed by atoms with Crippen molar-refractivity contribution in [3.05, 3.63) is 52.5 Å². The summed E-state index contributed by atoms with van der Waals surface area (Å²) in [6.07, 6.45) is -0.216. The van der Waals surface area contributed by atoms with Crippen molar-refractivity contribution in [2.75, 3.05) is 38.8 Å². The SMILES string of the molecule is COc1ccccc1[C@H](O)c1cc(Cl)cc(OC)c1N(CC(C)(C)C)C(=O)CCC(=O)N1CCC[C@@H](C(=O)O)C1. The van der Waals surface area contributed by atoms with Crippen LogP contribution in [-0.4, -0.2) is 66.8 Å². The molecule has 40 heavy (non-hydrogen) atoms. The van der Waals surface area contributed by atoms with Gasteiger partial charge in [0.2, 0.25) is 11.8 Å². The number of carbonyl (C=O) groups is 3. The molecule has 2 amide bonds. The molecule has 1 fully saturated rings. The Morgan fingerprint density at radius 3 is 2.38 bits per heavy atom. The molecule has 0 bridgehead atoms. The normalized spacial score (nSPS) is 16.3. The highest BCUT2D eigenvalue weighted by Crippen LogP contribution is 2.43. The summed E-state index contributed by atoms with van der Waals surface area (Å²) in [6, 6.07) is 10.2. The monoisotopic (exact) mass is 574 g/mol. The number of ether oxygens (including phenoxy) is 2. The molecule has 0 radical (unpaired) electrons. The molecular weight excluding hydrogens is 536 g/mol. The van der Waals surface area contributed by atoms with E-state index in [1.807, 2.05) is 20.8 Å². The number of carboxylic acids is 1. The number of amides is 2. The molecule has 1 aliphatic heterocycles. The molecule has 1 saturated heterocycles. The van der Waals surface area contributed by atoms with Crippen molar-refractivity contribution in [1.82, 2.24) is 4.90 Å². The van der Waals surface area contributed by atoms with Crippen molar-refractivity contribution in [1.29, 1.82) is 0 Å². The molecule has 0 aliphatic carbocycles. The van der Waals surface area contributed by atoms with E-state index in [1.165, 1.54) is 19.1 Å². The number of halogens is 1. The number of likely N-dealkylation sites (tertiary alicyclic amines) is 1. The van der Waals surface area contributed by atoms with E-state index < -0.39 is 18.0 Å². The van der Waals surface area contributed by atoms with Gasteiger partial charge in [-0.25, -0.2) is 0 Å². The Morgan fingerprint density at radius 2 is 1.75 bits per heavy atom. The number of anilines is 1. The van der Waals surface area contributed by atoms with E-state index in [9.17, 15) is 24.6 Å². The van der Waals surface area contributed by atoms with E-state index in [0.29, 0.717) is 52.7 Å². The van der Waals surface area contributed by atoms with Crippen LogP contribution < -0.4 is 14.4 Å². The predicted octanol–water partition coefficient (Wildman–Crippen LogP) is 4.92. The largest absolute Gasteiger partial charge is 0.496 e. The van der Waals surface area contributed by atoms with Crippen molar-refractivity contribution in [2.24, 2.45) is 11.3 Å². The number of rotatable bonds is 10. The molecule has 0 aromatic heterocycles. The number of carboxylic acid groups (broad SMARTS) is 1. The van der Waals surface area contributed by atoms with Crippen LogP contribution in [0.25, 0.3) is 0 Å². The quantitative estimate of drug-likeness (QED) is 0.413. The van der Waals surface area contributed by atoms with Crippen LogP contribution in [-0.2, 0) is 14.4 Å². The van der Waals surface area contributed by atoms with E-state index in [1.54, 1.807) is 41.3 Å². The van der Waals surface area contributed by atoms with E-state index in [-0.39, 0.29) is 43.2 Å². The predicted molar refractivity (Wildman–Crippen MR) is 153 cm³/mol. The van der Waals surface area contributed by atoms with Gasteiger partial charge in [0.25, 0.3) is 0 Å². The third kappa shape index (κ3) is 7.67. The lowest BCUT2D eigenvalue weighted by atomic mass is 9.93. The number of nitrogens with zero attached hydrogens (tertiary/aromatic N) is 2. The second-order valence-electron chi connectivity index (χ2n) is 11.2. The lowest BCUT2D eigenvalue weighted by Crippen LogP contribution is -2.43. The highest BCUT2D eigenvalue weighted by Gasteiger charge is 2.32. The zero-order valence-corrected chi connectivity index (χ0v) is 24.5. The van der Waals surface area contributed by atoms with E-state index in [2.05, 4.69) is 0 Å². The van der Waals surface area contributed by atoms with Crippen LogP contribution in [0.2, 0.25) is 5.02 Å². The summed E-state index contributed by atoms with van der Waals surface area (Å²) in [5.74, 6) is -1.32. The highest BCUT2D eigenvalue weighted by atomic mass is 35.5. The summed E-state index contributed by atoms with van der Waals surface area (Å²) in [7, 11) is 2.98. The topological polar surface area (TPSA) is 117 Å². The number of hydrogen-bond acceptors (Lipinski definition) is 6. The molecule has 2 aromatic rings. The first kappa shape index (κ1) is 31.2. The minimum absolute atomic E-state index is 0.0634. The van der Waals surface area contributed by atoms with Gasteiger partial charge in [0.05, 0.1) is 25.8 Å². The van der Waals surface area contributed by atoms with Crippen molar-refractivity contribution in [3.8, 4) is 11.5 Å². The molecule has 218 valence electrons. The van der Waals surface area contributed by atoms with Gasteiger partial charge in [-0.3, -0.25) is 14.4 Å². The number of carbonyl (C=O) groups excluding carboxylic acids is 2. The van der Waals surface area contributed by atoms with Gasteiger partial charge in [0.1, 0.15) is 17.6 Å². The van der Waals surface area contributed by atoms with E-state index in [4.69, 9.17) is 21.1 Å². The second kappa shape index (κ2) is 13.4. The Labute approximate surface area is 240 Å². The average Bonchev–Trinajstić information content (AvgIpc) is 2.93. The lowest BCUT2D eigenvalue weighted by molar-refractivity contribution is -0.146. The third-order valence-corrected chi connectivity index (χ3v) is 7.11. The molecule has 2 atom stereocenters. The molecule has 9 nitrogen and oxygen atoms in total. The van der Waals surface area contributed by atoms with Crippen molar-refractivity contribution < 1.29 is 34.1 Å². The molecule has 3 rings (SSSR count). The number of aliphatic hydroxyl groups is 1. The number of aliphatic hydroxyl groups excluding tert-OH is 1. The second-order valence-corrected chi connectivity index (χ2v) is 11.7. The number of para-hydroxylation sites is 1. The van der Waals surface area contributed by atoms with Gasteiger partial charge in [-0.15, -0.1) is 0 Å². The zero-order chi connectivity index (χ0) is 29.6. The lowest BCUT2D eigenvalue weighted by Gasteiger charge is -2.34. The average molecular weight is 575 g/mol. The maximum absolute atomic E-state index is 13.8. The van der Waals surface area contributed by atoms with Crippen LogP contribution in [0.4, 0.5) is 5.69 Å². The minimum Gasteiger partial charge on any atom is -0.496 e. The Morgan fingerprint density at radius 1 is 1.07 bits per heavy atom. The van der Waals surface area contributed by atoms with Crippen molar-refractivity contribution in [3.63, 3.8) is 0 Å². The van der Waals surface area contributed by atoms with Crippen LogP contribution in [0.15, 0.2) is 36.4 Å². The summed E-state index contributed by atoms with van der Waals surface area (Å²) in [5.41, 5.74) is 0.866. The van der Waals surface area contributed by atoms with Gasteiger partial charge in [0.15, 0.2) is 0 Å². The number of benzene rings is 2. The highest BCUT2D eigenvalue weighted by molar-refractivity contribution is 6.31. The van der Waals surface area contributed by atoms with Crippen LogP contribution >= 0.6 is 11.6 Å². The first-order chi connectivity index (χ1) is 18.9. The van der Waals surface area contributed by atoms with Gasteiger partial charge in [-0.05, 0) is 30.4 Å². The zero-order valence-electron chi connectivity index (χ0n) is 23.8. The van der Waals surface area contributed by atoms with Crippen LogP contribution in [0, 0.1) is 11.3 Å². The standard InChI is InChI=1S/C30H39ClN2O7/c1-30(2,3)18-33(26(35)13-12-25(34)32-14-8-9-19(17-32)29(37)38)27-22(15-20(31)16-24(27)40-5)28(36)21-10-6-7-11-23(21)39-4/h6-7,10-11,15-16,19,28,36H,8-9,12-14,17-18H2,1-5H3,(H,37,38)/t19-,28+/m1/s1. The molecule has 2 aromatic carbocycles. The Hall–Kier alpha value is -3.30. The molecule has 0 saturated carbocycles. The summed E-state index contributed by atoms with van der Waals surface area (Å²) in [5, 5.41) is 21.3. The molecule has 0 unspecified atom stereocenters. The van der Waals surface area contributed by atoms with Crippen molar-refractivity contribution >= 4 is 35.1 Å². The van der Waals surface area contributed by atoms with Gasteiger partial charge in [0, 0.05) is 54.7 Å². The van der Waals surface area contributed by atoms with E-state index in [0.717, 1.165) is 0 Å². The fourth-order valence-electron chi connectivity index (χ4n) is 4.99. The maximum Gasteiger partial charge on any atom is 0.308 e. The maximum atomic E-state index is 13.8. The van der Waals surface area contributed by atoms with Gasteiger partial charge >= 0.3 is 5.97 Å². The summed E-state index contributed by atoms with van der Waals surface area (Å²) < 4.78 is 11.1. The first-order valence-electron chi connectivity index (χ1n) is 13.4. The Balaban J connectivity index is 1.98. The van der Waals surface area contributed by atoms with Crippen molar-refractivity contribution in [2.45, 2.75) is 52.6 Å². The summed E-state index contributed by atoms with van der Waals surface area (Å²) in [4.78, 5) is 41.3. The fraction of sp³-hybridized carbons (Fsp3) is 0.500. The van der Waals surface area contributed by atoms with Gasteiger partial charge < -0.3 is 29.5 Å². The van der Waals surface area contributed by atoms with Gasteiger partial charge in [-0.2, -0.15) is 0 Å². The van der Waals surface area contributed by atoms with Crippen LogP contribution in [0.1, 0.15) is 63.7 Å². The summed E-state index contributed by atoms with van der Waals surface area (Å²) >= 11 is 6.43. The number of piperidine rings is 1. The Kier molecular flexibility index (Phi) is 10.4. The molecular formula is C30H39ClN2O7. The smallest absolute Gasteiger partial charge is 0.308 e. The summed E-state index contributed by atoms with van der Waals surface area (Å²) in [6.45, 7) is 6.84. The number of hydrogen-bond donors (Lipinski definition) is 2. The molecule has 2 N–H and O–H groups in total. The van der Waals surface area contributed by atoms with Gasteiger partial charge in [-0.1, -0.05) is 50.6 Å². The van der Waals surface area contributed by atoms with E-state index >= 15 is 0 Å². The molecule has 10 heteroatoms. The number of methoxy groups -OCH3 is 2. The molecule has 1 aliphatic rings. The molecule has 1 heterocycles. The third-order valence-electron chi connectivity index (χ3n) is 6.90. The van der Waals surface area contributed by atoms with Crippen LogP contribution in [0.5, 0.6) is 11.5 Å². The first-order valence-corrected chi connectivity index (χ1v) is 13.7. The number of aliphatic carboxylic acids is 1. The van der Waals surface area contributed by atoms with Crippen LogP contribution in [0.3, 0.4) is 0 Å².